The van der Waals surface area contributed by atoms with Crippen LogP contribution >= 0.6 is 12.4 Å². The predicted octanol–water partition coefficient (Wildman–Crippen LogP) is 1.08. The van der Waals surface area contributed by atoms with Crippen molar-refractivity contribution in [3.05, 3.63) is 30.1 Å². The van der Waals surface area contributed by atoms with E-state index in [2.05, 4.69) is 20.8 Å². The largest absolute Gasteiger partial charge is 0.381 e. The Labute approximate surface area is 146 Å². The molecule has 1 aliphatic heterocycles. The molecule has 8 nitrogen and oxygen atoms in total. The van der Waals surface area contributed by atoms with Crippen molar-refractivity contribution in [2.24, 2.45) is 11.7 Å². The number of nitrogens with zero attached hydrogens (tertiary/aromatic N) is 4. The lowest BCUT2D eigenvalue weighted by Gasteiger charge is -2.26. The number of hydrogen-bond acceptors (Lipinski definition) is 6. The van der Waals surface area contributed by atoms with E-state index in [0.717, 1.165) is 24.1 Å². The first kappa shape index (κ1) is 18.3. The lowest BCUT2D eigenvalue weighted by molar-refractivity contribution is -0.119. The van der Waals surface area contributed by atoms with E-state index in [4.69, 9.17) is 10.5 Å². The van der Waals surface area contributed by atoms with Gasteiger partial charge in [-0.25, -0.2) is 4.68 Å². The molecule has 3 N–H and O–H groups in total. The second-order valence-electron chi connectivity index (χ2n) is 5.72. The number of aryl methyl sites for hydroxylation is 1. The Morgan fingerprint density at radius 3 is 2.83 bits per heavy atom. The van der Waals surface area contributed by atoms with Gasteiger partial charge in [0.1, 0.15) is 6.33 Å². The number of anilines is 1. The molecule has 1 aliphatic rings. The third-order valence-electron chi connectivity index (χ3n) is 4.15. The van der Waals surface area contributed by atoms with Gasteiger partial charge in [0.25, 0.3) is 0 Å². The molecular weight excluding hydrogens is 332 g/mol. The molecule has 0 saturated carbocycles. The lowest BCUT2D eigenvalue weighted by Crippen LogP contribution is -2.44. The maximum absolute atomic E-state index is 12.4. The molecule has 0 aliphatic carbocycles. The summed E-state index contributed by atoms with van der Waals surface area (Å²) in [6, 6.07) is 5.06. The fraction of sp³-hybridized carbons (Fsp3) is 0.467. The minimum absolute atomic E-state index is 0. The third kappa shape index (κ3) is 4.08. The molecule has 9 heteroatoms. The number of halogens is 1. The first-order valence-corrected chi connectivity index (χ1v) is 7.63. The van der Waals surface area contributed by atoms with Gasteiger partial charge in [0.05, 0.1) is 11.7 Å². The minimum atomic E-state index is -0.531. The summed E-state index contributed by atoms with van der Waals surface area (Å²) >= 11 is 0. The van der Waals surface area contributed by atoms with Crippen molar-refractivity contribution in [3.63, 3.8) is 0 Å². The lowest BCUT2D eigenvalue weighted by atomic mass is 9.92. The van der Waals surface area contributed by atoms with Gasteiger partial charge in [-0.2, -0.15) is 0 Å². The summed E-state index contributed by atoms with van der Waals surface area (Å²) in [6.45, 7) is 3.29. The quantitative estimate of drug-likeness (QED) is 0.852. The van der Waals surface area contributed by atoms with Crippen molar-refractivity contribution >= 4 is 24.0 Å². The van der Waals surface area contributed by atoms with Crippen molar-refractivity contribution in [2.75, 3.05) is 18.5 Å². The maximum Gasteiger partial charge on any atom is 0.241 e. The zero-order valence-electron chi connectivity index (χ0n) is 13.4. The topological polar surface area (TPSA) is 108 Å². The standard InChI is InChI=1S/C15H20N6O2.ClH/c1-10-2-3-12(8-13(10)21-9-17-19-20-21)18-15(22)14(16)11-4-6-23-7-5-11;/h2-3,8-9,11,14H,4-7,16H2,1H3,(H,18,22);1H. The van der Waals surface area contributed by atoms with Gasteiger partial charge in [-0.15, -0.1) is 17.5 Å². The highest BCUT2D eigenvalue weighted by Crippen LogP contribution is 2.21. The van der Waals surface area contributed by atoms with Gasteiger partial charge >= 0.3 is 0 Å². The van der Waals surface area contributed by atoms with Crippen LogP contribution in [0.25, 0.3) is 5.69 Å². The zero-order valence-corrected chi connectivity index (χ0v) is 14.2. The normalized spacial score (nSPS) is 16.2. The van der Waals surface area contributed by atoms with Crippen LogP contribution in [0.1, 0.15) is 18.4 Å². The first-order valence-electron chi connectivity index (χ1n) is 7.63. The fourth-order valence-electron chi connectivity index (χ4n) is 2.72. The Bertz CT molecular complexity index is 673. The summed E-state index contributed by atoms with van der Waals surface area (Å²) in [7, 11) is 0. The van der Waals surface area contributed by atoms with E-state index >= 15 is 0 Å². The van der Waals surface area contributed by atoms with Crippen LogP contribution in [0.3, 0.4) is 0 Å². The van der Waals surface area contributed by atoms with Gasteiger partial charge in [-0.05, 0) is 53.8 Å². The summed E-state index contributed by atoms with van der Waals surface area (Å²) in [5.74, 6) is -0.0170. The number of amides is 1. The minimum Gasteiger partial charge on any atom is -0.381 e. The van der Waals surface area contributed by atoms with Crippen LogP contribution in [0.15, 0.2) is 24.5 Å². The van der Waals surface area contributed by atoms with Crippen LogP contribution in [-0.4, -0.2) is 45.4 Å². The molecule has 1 fully saturated rings. The van der Waals surface area contributed by atoms with Gasteiger partial charge in [0.2, 0.25) is 5.91 Å². The summed E-state index contributed by atoms with van der Waals surface area (Å²) < 4.78 is 6.87. The zero-order chi connectivity index (χ0) is 16.2. The highest BCUT2D eigenvalue weighted by molar-refractivity contribution is 5.95. The Balaban J connectivity index is 0.00000208. The molecule has 1 saturated heterocycles. The van der Waals surface area contributed by atoms with Crippen molar-refractivity contribution in [2.45, 2.75) is 25.8 Å². The van der Waals surface area contributed by atoms with Crippen LogP contribution < -0.4 is 11.1 Å². The summed E-state index contributed by atoms with van der Waals surface area (Å²) in [5.41, 5.74) is 8.59. The van der Waals surface area contributed by atoms with Gasteiger partial charge in [-0.3, -0.25) is 4.79 Å². The van der Waals surface area contributed by atoms with Crippen molar-refractivity contribution in [3.8, 4) is 5.69 Å². The van der Waals surface area contributed by atoms with Crippen LogP contribution in [0.2, 0.25) is 0 Å². The average molecular weight is 353 g/mol. The number of rotatable bonds is 4. The van der Waals surface area contributed by atoms with E-state index < -0.39 is 6.04 Å². The first-order chi connectivity index (χ1) is 11.1. The molecule has 0 radical (unpaired) electrons. The van der Waals surface area contributed by atoms with Crippen molar-refractivity contribution in [1.82, 2.24) is 20.2 Å². The second-order valence-corrected chi connectivity index (χ2v) is 5.72. The Hall–Kier alpha value is -2.03. The molecule has 1 aromatic heterocycles. The van der Waals surface area contributed by atoms with Crippen LogP contribution in [-0.2, 0) is 9.53 Å². The van der Waals surface area contributed by atoms with E-state index in [1.165, 1.54) is 6.33 Å². The molecule has 24 heavy (non-hydrogen) atoms. The smallest absolute Gasteiger partial charge is 0.241 e. The third-order valence-corrected chi connectivity index (χ3v) is 4.15. The van der Waals surface area contributed by atoms with Crippen molar-refractivity contribution in [1.29, 1.82) is 0 Å². The van der Waals surface area contributed by atoms with Gasteiger partial charge in [0.15, 0.2) is 0 Å². The molecule has 2 aromatic rings. The molecule has 1 aromatic carbocycles. The number of benzene rings is 1. The molecule has 3 rings (SSSR count). The van der Waals surface area contributed by atoms with E-state index in [-0.39, 0.29) is 24.2 Å². The fourth-order valence-corrected chi connectivity index (χ4v) is 2.72. The van der Waals surface area contributed by atoms with Gasteiger partial charge in [-0.1, -0.05) is 6.07 Å². The highest BCUT2D eigenvalue weighted by Gasteiger charge is 2.26. The Kier molecular flexibility index (Phi) is 6.24. The Morgan fingerprint density at radius 2 is 2.17 bits per heavy atom. The SMILES string of the molecule is Cc1ccc(NC(=O)C(N)C2CCOCC2)cc1-n1cnnn1.Cl. The average Bonchev–Trinajstić information content (AvgIpc) is 3.11. The van der Waals surface area contributed by atoms with Crippen LogP contribution in [0, 0.1) is 12.8 Å². The van der Waals surface area contributed by atoms with E-state index in [9.17, 15) is 4.79 Å². The van der Waals surface area contributed by atoms with Crippen molar-refractivity contribution < 1.29 is 9.53 Å². The molecule has 1 atom stereocenters. The highest BCUT2D eigenvalue weighted by atomic mass is 35.5. The van der Waals surface area contributed by atoms with Gasteiger partial charge < -0.3 is 15.8 Å². The molecule has 1 amide bonds. The van der Waals surface area contributed by atoms with Gasteiger partial charge in [0, 0.05) is 18.9 Å². The van der Waals surface area contributed by atoms with Crippen LogP contribution in [0.4, 0.5) is 5.69 Å². The number of nitrogens with two attached hydrogens (primary N) is 1. The monoisotopic (exact) mass is 352 g/mol. The number of aromatic nitrogens is 4. The maximum atomic E-state index is 12.4. The number of nitrogens with one attached hydrogen (secondary N) is 1. The predicted molar refractivity (Wildman–Crippen MR) is 91.3 cm³/mol. The molecule has 0 bridgehead atoms. The molecular formula is C15H21ClN6O2. The van der Waals surface area contributed by atoms with E-state index in [0.29, 0.717) is 18.9 Å². The molecule has 2 heterocycles. The molecule has 1 unspecified atom stereocenters. The number of ether oxygens (including phenoxy) is 1. The van der Waals surface area contributed by atoms with Crippen LogP contribution in [0.5, 0.6) is 0 Å². The molecule has 130 valence electrons. The summed E-state index contributed by atoms with van der Waals surface area (Å²) in [4.78, 5) is 12.4. The number of carbonyl (C=O) groups is 1. The Morgan fingerprint density at radius 1 is 1.42 bits per heavy atom. The number of tetrazole rings is 1. The number of hydrogen-bond donors (Lipinski definition) is 2. The van der Waals surface area contributed by atoms with E-state index in [1.807, 2.05) is 25.1 Å². The molecule has 0 spiro atoms. The number of carbonyl (C=O) groups excluding carboxylic acids is 1. The summed E-state index contributed by atoms with van der Waals surface area (Å²) in [5, 5.41) is 14.0. The van der Waals surface area contributed by atoms with E-state index in [1.54, 1.807) is 4.68 Å². The second kappa shape index (κ2) is 8.18. The summed E-state index contributed by atoms with van der Waals surface area (Å²) in [6.07, 6.45) is 3.15.